The molecule has 0 aliphatic carbocycles. The maximum atomic E-state index is 2.38. The molecule has 0 bridgehead atoms. The van der Waals surface area contributed by atoms with Crippen LogP contribution in [0.2, 0.25) is 12.6 Å². The molecule has 0 aliphatic heterocycles. The van der Waals surface area contributed by atoms with E-state index in [-0.39, 0.29) is 6.19 Å². The van der Waals surface area contributed by atoms with Crippen LogP contribution in [0.25, 0.3) is 0 Å². The Kier molecular flexibility index (Phi) is 5.75. The summed E-state index contributed by atoms with van der Waals surface area (Å²) in [5.74, 6) is 0. The van der Waals surface area contributed by atoms with Gasteiger partial charge in [-0.25, -0.2) is 0 Å². The van der Waals surface area contributed by atoms with Crippen LogP contribution in [-0.2, 0) is 19.2 Å². The molecule has 0 aromatic rings. The predicted octanol–water partition coefficient (Wildman–Crippen LogP) is 1.95. The standard InChI is InChI=1S/C5H12Si.Ti/c1-3-4-5-6-2;/h3-5H2,1-2H3;/q;+2. The summed E-state index contributed by atoms with van der Waals surface area (Å²) in [6.07, 6.45) is 2.92. The molecular weight excluding hydrogens is 136 g/mol. The summed E-state index contributed by atoms with van der Waals surface area (Å²) in [6, 6.07) is 1.50. The van der Waals surface area contributed by atoms with E-state index in [0.717, 1.165) is 0 Å². The second kappa shape index (κ2) is 5.08. The average molecular weight is 148 g/mol. The van der Waals surface area contributed by atoms with Crippen LogP contribution >= 0.6 is 0 Å². The molecule has 38 valence electrons. The third-order valence-corrected chi connectivity index (χ3v) is 3.18. The zero-order chi connectivity index (χ0) is 5.70. The zero-order valence-corrected chi connectivity index (χ0v) is 7.68. The van der Waals surface area contributed by atoms with E-state index in [2.05, 4.69) is 32.6 Å². The van der Waals surface area contributed by atoms with Gasteiger partial charge in [0.2, 0.25) is 0 Å². The summed E-state index contributed by atoms with van der Waals surface area (Å²) in [6.45, 7) is 4.63. The molecule has 0 saturated carbocycles. The van der Waals surface area contributed by atoms with E-state index in [9.17, 15) is 0 Å². The predicted molar refractivity (Wildman–Crippen MR) is 31.3 cm³/mol. The van der Waals surface area contributed by atoms with Gasteiger partial charge < -0.3 is 0 Å². The number of rotatable bonds is 3. The van der Waals surface area contributed by atoms with Gasteiger partial charge in [-0.1, -0.05) is 0 Å². The fourth-order valence-electron chi connectivity index (χ4n) is 0.442. The fourth-order valence-corrected chi connectivity index (χ4v) is 2.15. The molecule has 0 amide bonds. The normalized spacial score (nSPS) is 9.14. The van der Waals surface area contributed by atoms with Crippen LogP contribution in [0.1, 0.15) is 19.8 Å². The van der Waals surface area contributed by atoms with Gasteiger partial charge in [0.05, 0.1) is 0 Å². The summed E-state index contributed by atoms with van der Waals surface area (Å²) in [5, 5.41) is 0. The molecule has 0 N–H and O–H groups in total. The van der Waals surface area contributed by atoms with Crippen LogP contribution in [0.5, 0.6) is 0 Å². The molecule has 0 heterocycles. The topological polar surface area (TPSA) is 0 Å². The molecule has 0 aromatic heterocycles. The van der Waals surface area contributed by atoms with Crippen LogP contribution in [0.4, 0.5) is 0 Å². The van der Waals surface area contributed by atoms with Gasteiger partial charge in [0.25, 0.3) is 0 Å². The molecule has 2 heteroatoms. The molecule has 0 aliphatic rings. The van der Waals surface area contributed by atoms with Gasteiger partial charge in [0.1, 0.15) is 0 Å². The van der Waals surface area contributed by atoms with E-state index in [1.807, 2.05) is 0 Å². The Morgan fingerprint density at radius 3 is 2.29 bits per heavy atom. The Morgan fingerprint density at radius 2 is 2.14 bits per heavy atom. The van der Waals surface area contributed by atoms with E-state index >= 15 is 0 Å². The van der Waals surface area contributed by atoms with Gasteiger partial charge in [0.15, 0.2) is 0 Å². The first-order chi connectivity index (χ1) is 3.27. The Hall–Kier alpha value is 0.931. The molecule has 0 unspecified atom stereocenters. The molecule has 0 nitrogen and oxygen atoms in total. The molecule has 0 atom stereocenters. The molecule has 0 fully saturated rings. The van der Waals surface area contributed by atoms with Crippen molar-refractivity contribution in [1.29, 1.82) is 0 Å². The fraction of sp³-hybridized carbons (Fsp3) is 1.00. The number of unbranched alkanes of at least 4 members (excludes halogenated alkanes) is 1. The van der Waals surface area contributed by atoms with Crippen LogP contribution in [0.15, 0.2) is 0 Å². The second-order valence-corrected chi connectivity index (χ2v) is 7.94. The number of hydrogen-bond donors (Lipinski definition) is 0. The van der Waals surface area contributed by atoms with E-state index in [1.165, 1.54) is 18.9 Å². The van der Waals surface area contributed by atoms with Crippen molar-refractivity contribution in [1.82, 2.24) is 0 Å². The molecular formula is C5H12SiTi+2. The summed E-state index contributed by atoms with van der Waals surface area (Å²) in [5.41, 5.74) is 0. The van der Waals surface area contributed by atoms with Crippen molar-refractivity contribution in [3.63, 3.8) is 0 Å². The van der Waals surface area contributed by atoms with E-state index in [1.54, 1.807) is 0 Å². The Morgan fingerprint density at radius 1 is 1.57 bits per heavy atom. The Bertz CT molecular complexity index is 61.1. The Labute approximate surface area is 57.9 Å². The van der Waals surface area contributed by atoms with Crippen molar-refractivity contribution in [2.75, 3.05) is 0 Å². The SMILES string of the molecule is CCCC[Si](C)=[Ti+2]. The Balaban J connectivity index is 2.82. The average Bonchev–Trinajstić information content (AvgIpc) is 1.61. The van der Waals surface area contributed by atoms with Crippen LogP contribution in [-0.4, -0.2) is 6.19 Å². The van der Waals surface area contributed by atoms with Crippen LogP contribution in [0.3, 0.4) is 0 Å². The van der Waals surface area contributed by atoms with Gasteiger partial charge in [-0.3, -0.25) is 0 Å². The van der Waals surface area contributed by atoms with Crippen molar-refractivity contribution in [2.45, 2.75) is 32.4 Å². The summed E-state index contributed by atoms with van der Waals surface area (Å²) in [7, 11) is 0. The first kappa shape index (κ1) is 7.93. The van der Waals surface area contributed by atoms with Crippen molar-refractivity contribution in [3.05, 3.63) is 0 Å². The van der Waals surface area contributed by atoms with Gasteiger partial charge >= 0.3 is 57.7 Å². The molecule has 7 heavy (non-hydrogen) atoms. The van der Waals surface area contributed by atoms with E-state index in [0.29, 0.717) is 0 Å². The summed E-state index contributed by atoms with van der Waals surface area (Å²) >= 11 is 2.38. The van der Waals surface area contributed by atoms with Crippen molar-refractivity contribution < 1.29 is 19.2 Å². The third-order valence-electron chi connectivity index (χ3n) is 0.905. The van der Waals surface area contributed by atoms with Crippen molar-refractivity contribution in [2.24, 2.45) is 0 Å². The van der Waals surface area contributed by atoms with Gasteiger partial charge in [-0.05, 0) is 0 Å². The van der Waals surface area contributed by atoms with Crippen molar-refractivity contribution in [3.8, 4) is 0 Å². The molecule has 0 aromatic carbocycles. The van der Waals surface area contributed by atoms with Gasteiger partial charge in [0, 0.05) is 0 Å². The summed E-state index contributed by atoms with van der Waals surface area (Å²) < 4.78 is 0. The van der Waals surface area contributed by atoms with Gasteiger partial charge in [-0.15, -0.1) is 0 Å². The van der Waals surface area contributed by atoms with E-state index < -0.39 is 0 Å². The molecule has 0 spiro atoms. The summed E-state index contributed by atoms with van der Waals surface area (Å²) in [4.78, 5) is 0. The first-order valence-corrected chi connectivity index (χ1v) is 7.36. The first-order valence-electron chi connectivity index (χ1n) is 2.81. The quantitative estimate of drug-likeness (QED) is 0.536. The minimum atomic E-state index is 0.103. The molecule has 0 saturated heterocycles. The zero-order valence-electron chi connectivity index (χ0n) is 5.12. The third kappa shape index (κ3) is 6.93. The second-order valence-electron chi connectivity index (χ2n) is 1.88. The van der Waals surface area contributed by atoms with Gasteiger partial charge in [-0.2, -0.15) is 0 Å². The van der Waals surface area contributed by atoms with Crippen LogP contribution < -0.4 is 0 Å². The molecule has 0 radical (unpaired) electrons. The molecule has 0 rings (SSSR count). The number of hydrogen-bond acceptors (Lipinski definition) is 0. The monoisotopic (exact) mass is 148 g/mol. The van der Waals surface area contributed by atoms with Crippen molar-refractivity contribution >= 4 is 6.19 Å². The maximum absolute atomic E-state index is 2.38. The minimum absolute atomic E-state index is 0.103. The van der Waals surface area contributed by atoms with Crippen LogP contribution in [0, 0.1) is 0 Å². The van der Waals surface area contributed by atoms with E-state index in [4.69, 9.17) is 0 Å².